The molecule has 118 valence electrons. The van der Waals surface area contributed by atoms with Gasteiger partial charge in [-0.25, -0.2) is 4.98 Å². The molecule has 21 heavy (non-hydrogen) atoms. The fourth-order valence-corrected chi connectivity index (χ4v) is 3.59. The van der Waals surface area contributed by atoms with Crippen molar-refractivity contribution in [2.24, 2.45) is 0 Å². The van der Waals surface area contributed by atoms with Crippen LogP contribution < -0.4 is 11.1 Å². The predicted octanol–water partition coefficient (Wildman–Crippen LogP) is 4.16. The second kappa shape index (κ2) is 6.34. The van der Waals surface area contributed by atoms with Gasteiger partial charge in [-0.1, -0.05) is 19.3 Å². The van der Waals surface area contributed by atoms with Gasteiger partial charge in [-0.05, 0) is 25.2 Å². The van der Waals surface area contributed by atoms with E-state index in [4.69, 9.17) is 5.73 Å². The highest BCUT2D eigenvalue weighted by atomic mass is 32.2. The number of aromatic nitrogens is 1. The number of rotatable bonds is 4. The zero-order chi connectivity index (χ0) is 15.5. The minimum absolute atomic E-state index is 0.0896. The number of nitrogen functional groups attached to an aromatic ring is 1. The summed E-state index contributed by atoms with van der Waals surface area (Å²) in [6, 6.07) is 0.992. The summed E-state index contributed by atoms with van der Waals surface area (Å²) in [5, 5.41) is 3.10. The smallest absolute Gasteiger partial charge is 0.396 e. The molecule has 0 spiro atoms. The second-order valence-corrected chi connectivity index (χ2v) is 6.73. The molecule has 1 aliphatic carbocycles. The number of nitrogens with two attached hydrogens (primary N) is 1. The molecule has 1 saturated carbocycles. The molecule has 2 rings (SSSR count). The summed E-state index contributed by atoms with van der Waals surface area (Å²) in [6.45, 7) is 0.625. The van der Waals surface area contributed by atoms with Crippen LogP contribution in [0.1, 0.15) is 37.8 Å². The Hall–Kier alpha value is -1.11. The van der Waals surface area contributed by atoms with Crippen LogP contribution in [0, 0.1) is 0 Å². The number of halogens is 3. The van der Waals surface area contributed by atoms with Crippen LogP contribution in [0.3, 0.4) is 0 Å². The van der Waals surface area contributed by atoms with E-state index >= 15 is 0 Å². The molecule has 1 heterocycles. The molecule has 0 atom stereocenters. The molecule has 0 aromatic carbocycles. The number of anilines is 2. The lowest BCUT2D eigenvalue weighted by Crippen LogP contribution is -2.35. The Bertz CT molecular complexity index is 485. The molecule has 1 aromatic heterocycles. The first-order chi connectivity index (χ1) is 9.86. The number of alkyl halides is 3. The van der Waals surface area contributed by atoms with Crippen LogP contribution in [0.25, 0.3) is 0 Å². The summed E-state index contributed by atoms with van der Waals surface area (Å²) < 4.78 is 38.2. The molecule has 0 amide bonds. The van der Waals surface area contributed by atoms with Gasteiger partial charge >= 0.3 is 6.18 Å². The average molecular weight is 319 g/mol. The van der Waals surface area contributed by atoms with Crippen LogP contribution in [0.5, 0.6) is 0 Å². The van der Waals surface area contributed by atoms with Gasteiger partial charge in [0.1, 0.15) is 5.69 Å². The van der Waals surface area contributed by atoms with E-state index in [0.717, 1.165) is 25.1 Å². The third-order valence-corrected chi connectivity index (χ3v) is 5.44. The Balaban J connectivity index is 2.11. The average Bonchev–Trinajstić information content (AvgIpc) is 2.46. The molecule has 0 aliphatic heterocycles. The summed E-state index contributed by atoms with van der Waals surface area (Å²) in [6.07, 6.45) is 4.41. The molecule has 1 aromatic rings. The number of thioether (sulfide) groups is 1. The van der Waals surface area contributed by atoms with Crippen molar-refractivity contribution in [1.82, 2.24) is 4.98 Å². The Morgan fingerprint density at radius 2 is 2.00 bits per heavy atom. The maximum absolute atomic E-state index is 12.7. The van der Waals surface area contributed by atoms with Crippen molar-refractivity contribution in [3.05, 3.63) is 18.0 Å². The molecule has 1 fully saturated rings. The van der Waals surface area contributed by atoms with Crippen molar-refractivity contribution in [2.75, 3.05) is 23.9 Å². The van der Waals surface area contributed by atoms with E-state index < -0.39 is 11.9 Å². The summed E-state index contributed by atoms with van der Waals surface area (Å²) in [5.41, 5.74) is 5.38. The van der Waals surface area contributed by atoms with Gasteiger partial charge in [-0.2, -0.15) is 24.9 Å². The van der Waals surface area contributed by atoms with Gasteiger partial charge in [-0.3, -0.25) is 0 Å². The van der Waals surface area contributed by atoms with Crippen LogP contribution in [-0.4, -0.2) is 22.5 Å². The van der Waals surface area contributed by atoms with E-state index in [1.165, 1.54) is 19.3 Å². The number of nitrogens with one attached hydrogen (secondary N) is 1. The van der Waals surface area contributed by atoms with E-state index in [9.17, 15) is 13.2 Å². The molecule has 1 aliphatic rings. The normalized spacial score (nSPS) is 18.5. The lowest BCUT2D eigenvalue weighted by atomic mass is 9.88. The highest BCUT2D eigenvalue weighted by Gasteiger charge is 2.34. The van der Waals surface area contributed by atoms with E-state index in [1.54, 1.807) is 11.8 Å². The highest BCUT2D eigenvalue weighted by Crippen LogP contribution is 2.39. The van der Waals surface area contributed by atoms with Gasteiger partial charge < -0.3 is 11.1 Å². The summed E-state index contributed by atoms with van der Waals surface area (Å²) in [7, 11) is 0. The van der Waals surface area contributed by atoms with Gasteiger partial charge in [0.25, 0.3) is 0 Å². The predicted molar refractivity (Wildman–Crippen MR) is 81.5 cm³/mol. The van der Waals surface area contributed by atoms with E-state index in [-0.39, 0.29) is 10.4 Å². The molecule has 3 N–H and O–H groups in total. The maximum atomic E-state index is 12.7. The van der Waals surface area contributed by atoms with Gasteiger partial charge in [0.2, 0.25) is 0 Å². The summed E-state index contributed by atoms with van der Waals surface area (Å²) >= 11 is 1.79. The van der Waals surface area contributed by atoms with Gasteiger partial charge in [0.05, 0.1) is 17.6 Å². The SMILES string of the molecule is CSC1(CNc2cc(C(F)(F)F)ncc2N)CCCCC1. The van der Waals surface area contributed by atoms with E-state index in [0.29, 0.717) is 12.2 Å². The largest absolute Gasteiger partial charge is 0.433 e. The van der Waals surface area contributed by atoms with Crippen molar-refractivity contribution >= 4 is 23.1 Å². The summed E-state index contributed by atoms with van der Waals surface area (Å²) in [4.78, 5) is 3.35. The Morgan fingerprint density at radius 3 is 2.57 bits per heavy atom. The first kappa shape index (κ1) is 16.3. The van der Waals surface area contributed by atoms with Crippen molar-refractivity contribution < 1.29 is 13.2 Å². The number of pyridine rings is 1. The molecule has 0 bridgehead atoms. The molecule has 7 heteroatoms. The first-order valence-corrected chi connectivity index (χ1v) is 8.20. The Kier molecular flexibility index (Phi) is 4.91. The van der Waals surface area contributed by atoms with Gasteiger partial charge in [0.15, 0.2) is 0 Å². The quantitative estimate of drug-likeness (QED) is 0.875. The molecule has 0 radical (unpaired) electrons. The minimum atomic E-state index is -4.45. The number of hydrogen-bond acceptors (Lipinski definition) is 4. The maximum Gasteiger partial charge on any atom is 0.433 e. The molecular weight excluding hydrogens is 299 g/mol. The van der Waals surface area contributed by atoms with E-state index in [2.05, 4.69) is 16.6 Å². The van der Waals surface area contributed by atoms with Crippen molar-refractivity contribution in [2.45, 2.75) is 43.0 Å². The fraction of sp³-hybridized carbons (Fsp3) is 0.643. The summed E-state index contributed by atoms with van der Waals surface area (Å²) in [5.74, 6) is 0. The topological polar surface area (TPSA) is 50.9 Å². The molecule has 0 saturated heterocycles. The molecule has 3 nitrogen and oxygen atoms in total. The first-order valence-electron chi connectivity index (χ1n) is 6.98. The standard InChI is InChI=1S/C14H20F3N3S/c1-21-13(5-3-2-4-6-13)9-20-11-7-12(14(15,16)17)19-8-10(11)18/h7-8H,2-6,9,18H2,1H3,(H,19,20). The van der Waals surface area contributed by atoms with Crippen molar-refractivity contribution in [3.63, 3.8) is 0 Å². The lowest BCUT2D eigenvalue weighted by Gasteiger charge is -2.36. The fourth-order valence-electron chi connectivity index (χ4n) is 2.68. The van der Waals surface area contributed by atoms with Crippen LogP contribution in [0.2, 0.25) is 0 Å². The number of hydrogen-bond donors (Lipinski definition) is 2. The monoisotopic (exact) mass is 319 g/mol. The molecular formula is C14H20F3N3S. The van der Waals surface area contributed by atoms with Crippen molar-refractivity contribution in [1.29, 1.82) is 0 Å². The minimum Gasteiger partial charge on any atom is -0.396 e. The number of nitrogens with zero attached hydrogens (tertiary/aromatic N) is 1. The Labute approximate surface area is 126 Å². The zero-order valence-corrected chi connectivity index (χ0v) is 12.8. The Morgan fingerprint density at radius 1 is 1.33 bits per heavy atom. The van der Waals surface area contributed by atoms with Crippen LogP contribution in [-0.2, 0) is 6.18 Å². The van der Waals surface area contributed by atoms with Gasteiger partial charge in [-0.15, -0.1) is 0 Å². The van der Waals surface area contributed by atoms with E-state index in [1.807, 2.05) is 0 Å². The zero-order valence-electron chi connectivity index (χ0n) is 12.0. The van der Waals surface area contributed by atoms with Crippen LogP contribution >= 0.6 is 11.8 Å². The van der Waals surface area contributed by atoms with Crippen LogP contribution in [0.4, 0.5) is 24.5 Å². The lowest BCUT2D eigenvalue weighted by molar-refractivity contribution is -0.141. The third kappa shape index (κ3) is 3.96. The van der Waals surface area contributed by atoms with Crippen LogP contribution in [0.15, 0.2) is 12.3 Å². The van der Waals surface area contributed by atoms with Crippen molar-refractivity contribution in [3.8, 4) is 0 Å². The molecule has 0 unspecified atom stereocenters. The second-order valence-electron chi connectivity index (χ2n) is 5.46. The van der Waals surface area contributed by atoms with Gasteiger partial charge in [0, 0.05) is 11.3 Å². The third-order valence-electron chi connectivity index (χ3n) is 4.02. The highest BCUT2D eigenvalue weighted by molar-refractivity contribution is 8.00.